The zero-order chi connectivity index (χ0) is 14.5. The van der Waals surface area contributed by atoms with Gasteiger partial charge in [0.25, 0.3) is 0 Å². The molecule has 20 heavy (non-hydrogen) atoms. The molecule has 0 saturated carbocycles. The van der Waals surface area contributed by atoms with Crippen molar-refractivity contribution < 1.29 is 8.78 Å². The molecule has 2 rings (SSSR count). The zero-order valence-electron chi connectivity index (χ0n) is 11.7. The lowest BCUT2D eigenvalue weighted by molar-refractivity contribution is 0.505. The Morgan fingerprint density at radius 2 is 2.05 bits per heavy atom. The summed E-state index contributed by atoms with van der Waals surface area (Å²) in [5.74, 6) is -0.608. The number of benzene rings is 1. The number of hydrogen-bond donors (Lipinski definition) is 1. The number of rotatable bonds is 5. The van der Waals surface area contributed by atoms with Crippen LogP contribution in [0, 0.1) is 18.6 Å². The lowest BCUT2D eigenvalue weighted by Gasteiger charge is -2.20. The molecule has 1 unspecified atom stereocenters. The topological polar surface area (TPSA) is 24.9 Å². The molecule has 1 N–H and O–H groups in total. The minimum Gasteiger partial charge on any atom is -0.310 e. The maximum absolute atomic E-state index is 13.9. The summed E-state index contributed by atoms with van der Waals surface area (Å²) in [5.41, 5.74) is 2.45. The number of halogens is 2. The van der Waals surface area contributed by atoms with Crippen LogP contribution in [0.15, 0.2) is 36.7 Å². The highest BCUT2D eigenvalue weighted by molar-refractivity contribution is 5.29. The number of hydrogen-bond acceptors (Lipinski definition) is 2. The van der Waals surface area contributed by atoms with E-state index in [4.69, 9.17) is 0 Å². The van der Waals surface area contributed by atoms with Crippen molar-refractivity contribution in [1.82, 2.24) is 10.3 Å². The van der Waals surface area contributed by atoms with Gasteiger partial charge in [-0.1, -0.05) is 13.0 Å². The molecule has 1 heterocycles. The molecule has 0 spiro atoms. The Labute approximate surface area is 117 Å². The highest BCUT2D eigenvalue weighted by atomic mass is 19.1. The molecule has 1 aromatic heterocycles. The molecule has 1 atom stereocenters. The lowest BCUT2D eigenvalue weighted by atomic mass is 9.96. The van der Waals surface area contributed by atoms with Crippen LogP contribution in [0.4, 0.5) is 8.78 Å². The van der Waals surface area contributed by atoms with Crippen LogP contribution >= 0.6 is 0 Å². The molecule has 4 heteroatoms. The molecule has 0 fully saturated rings. The zero-order valence-corrected chi connectivity index (χ0v) is 11.7. The fourth-order valence-electron chi connectivity index (χ4n) is 2.29. The van der Waals surface area contributed by atoms with Crippen LogP contribution in [-0.4, -0.2) is 11.5 Å². The third kappa shape index (κ3) is 3.39. The van der Waals surface area contributed by atoms with E-state index in [0.29, 0.717) is 18.5 Å². The van der Waals surface area contributed by atoms with Crippen LogP contribution in [0.2, 0.25) is 0 Å². The van der Waals surface area contributed by atoms with Gasteiger partial charge >= 0.3 is 0 Å². The van der Waals surface area contributed by atoms with Gasteiger partial charge in [0.05, 0.1) is 6.20 Å². The van der Waals surface area contributed by atoms with Crippen molar-refractivity contribution in [1.29, 1.82) is 0 Å². The third-order valence-electron chi connectivity index (χ3n) is 3.36. The Kier molecular flexibility index (Phi) is 4.79. The minimum absolute atomic E-state index is 0.191. The standard InChI is InChI=1S/C16H18F2N2/c1-3-20-16(14-6-7-19-10-15(14)18)9-12-8-13(17)5-4-11(12)2/h4-8,10,16,20H,3,9H2,1-2H3. The van der Waals surface area contributed by atoms with E-state index in [1.54, 1.807) is 18.3 Å². The van der Waals surface area contributed by atoms with Gasteiger partial charge in [-0.15, -0.1) is 0 Å². The van der Waals surface area contributed by atoms with Gasteiger partial charge in [0, 0.05) is 17.8 Å². The molecule has 0 bridgehead atoms. The van der Waals surface area contributed by atoms with Crippen molar-refractivity contribution in [3.05, 3.63) is 65.0 Å². The summed E-state index contributed by atoms with van der Waals surface area (Å²) < 4.78 is 27.2. The van der Waals surface area contributed by atoms with Gasteiger partial charge in [0.1, 0.15) is 11.6 Å². The summed E-state index contributed by atoms with van der Waals surface area (Å²) in [4.78, 5) is 3.76. The second-order valence-corrected chi connectivity index (χ2v) is 4.78. The normalized spacial score (nSPS) is 12.4. The Hall–Kier alpha value is -1.81. The highest BCUT2D eigenvalue weighted by Gasteiger charge is 2.16. The fraction of sp³-hybridized carbons (Fsp3) is 0.312. The van der Waals surface area contributed by atoms with Crippen LogP contribution in [0.3, 0.4) is 0 Å². The second-order valence-electron chi connectivity index (χ2n) is 4.78. The SMILES string of the molecule is CCNC(Cc1cc(F)ccc1C)c1ccncc1F. The van der Waals surface area contributed by atoms with E-state index in [1.165, 1.54) is 18.3 Å². The average molecular weight is 276 g/mol. The van der Waals surface area contributed by atoms with Crippen LogP contribution < -0.4 is 5.32 Å². The Morgan fingerprint density at radius 3 is 2.75 bits per heavy atom. The first-order chi connectivity index (χ1) is 9.61. The van der Waals surface area contributed by atoms with Crippen molar-refractivity contribution >= 4 is 0 Å². The maximum Gasteiger partial charge on any atom is 0.146 e. The number of nitrogens with one attached hydrogen (secondary N) is 1. The first kappa shape index (κ1) is 14.6. The van der Waals surface area contributed by atoms with E-state index in [1.807, 2.05) is 13.8 Å². The Balaban J connectivity index is 2.30. The minimum atomic E-state index is -0.340. The van der Waals surface area contributed by atoms with Crippen LogP contribution in [0.5, 0.6) is 0 Å². The van der Waals surface area contributed by atoms with Crippen molar-refractivity contribution in [3.8, 4) is 0 Å². The van der Waals surface area contributed by atoms with Gasteiger partial charge in [-0.3, -0.25) is 4.98 Å². The molecular formula is C16H18F2N2. The van der Waals surface area contributed by atoms with E-state index < -0.39 is 0 Å². The number of aryl methyl sites for hydroxylation is 1. The van der Waals surface area contributed by atoms with Gasteiger partial charge in [-0.05, 0) is 49.2 Å². The average Bonchev–Trinajstić information content (AvgIpc) is 2.43. The van der Waals surface area contributed by atoms with Crippen molar-refractivity contribution in [2.24, 2.45) is 0 Å². The first-order valence-corrected chi connectivity index (χ1v) is 6.69. The fourth-order valence-corrected chi connectivity index (χ4v) is 2.29. The van der Waals surface area contributed by atoms with E-state index >= 15 is 0 Å². The van der Waals surface area contributed by atoms with Crippen LogP contribution in [-0.2, 0) is 6.42 Å². The van der Waals surface area contributed by atoms with E-state index in [2.05, 4.69) is 10.3 Å². The van der Waals surface area contributed by atoms with E-state index in [9.17, 15) is 8.78 Å². The molecule has 0 radical (unpaired) electrons. The molecule has 0 saturated heterocycles. The van der Waals surface area contributed by atoms with Gasteiger partial charge in [0.2, 0.25) is 0 Å². The smallest absolute Gasteiger partial charge is 0.146 e. The molecule has 106 valence electrons. The molecule has 2 nitrogen and oxygen atoms in total. The molecular weight excluding hydrogens is 258 g/mol. The second kappa shape index (κ2) is 6.57. The Morgan fingerprint density at radius 1 is 1.25 bits per heavy atom. The maximum atomic E-state index is 13.9. The summed E-state index contributed by atoms with van der Waals surface area (Å²) in [6, 6.07) is 6.17. The van der Waals surface area contributed by atoms with Crippen molar-refractivity contribution in [3.63, 3.8) is 0 Å². The van der Waals surface area contributed by atoms with Crippen LogP contribution in [0.25, 0.3) is 0 Å². The number of pyridine rings is 1. The highest BCUT2D eigenvalue weighted by Crippen LogP contribution is 2.22. The third-order valence-corrected chi connectivity index (χ3v) is 3.36. The Bertz CT molecular complexity index is 584. The summed E-state index contributed by atoms with van der Waals surface area (Å²) in [7, 11) is 0. The molecule has 1 aromatic carbocycles. The van der Waals surface area contributed by atoms with Crippen molar-refractivity contribution in [2.75, 3.05) is 6.54 Å². The predicted octanol–water partition coefficient (Wildman–Crippen LogP) is 3.56. The number of aromatic nitrogens is 1. The van der Waals surface area contributed by atoms with Gasteiger partial charge in [-0.25, -0.2) is 8.78 Å². The largest absolute Gasteiger partial charge is 0.310 e. The van der Waals surface area contributed by atoms with Crippen molar-refractivity contribution in [2.45, 2.75) is 26.3 Å². The number of nitrogens with zero attached hydrogens (tertiary/aromatic N) is 1. The van der Waals surface area contributed by atoms with Gasteiger partial charge in [-0.2, -0.15) is 0 Å². The predicted molar refractivity (Wildman–Crippen MR) is 75.5 cm³/mol. The summed E-state index contributed by atoms with van der Waals surface area (Å²) in [5, 5.41) is 3.24. The summed E-state index contributed by atoms with van der Waals surface area (Å²) in [6.45, 7) is 4.60. The summed E-state index contributed by atoms with van der Waals surface area (Å²) >= 11 is 0. The lowest BCUT2D eigenvalue weighted by Crippen LogP contribution is -2.24. The first-order valence-electron chi connectivity index (χ1n) is 6.69. The van der Waals surface area contributed by atoms with Gasteiger partial charge in [0.15, 0.2) is 0 Å². The van der Waals surface area contributed by atoms with Crippen LogP contribution in [0.1, 0.15) is 29.7 Å². The molecule has 0 aliphatic carbocycles. The molecule has 0 aliphatic rings. The van der Waals surface area contributed by atoms with E-state index in [-0.39, 0.29) is 17.7 Å². The number of likely N-dealkylation sites (N-methyl/N-ethyl adjacent to an activating group) is 1. The monoisotopic (exact) mass is 276 g/mol. The molecule has 2 aromatic rings. The quantitative estimate of drug-likeness (QED) is 0.903. The van der Waals surface area contributed by atoms with Gasteiger partial charge < -0.3 is 5.32 Å². The molecule has 0 aliphatic heterocycles. The molecule has 0 amide bonds. The van der Waals surface area contributed by atoms with E-state index in [0.717, 1.165) is 11.1 Å². The summed E-state index contributed by atoms with van der Waals surface area (Å²) in [6.07, 6.45) is 3.32.